The lowest BCUT2D eigenvalue weighted by molar-refractivity contribution is 0.662. The number of aromatic nitrogens is 2. The maximum Gasteiger partial charge on any atom is 0.143 e. The molecule has 0 aliphatic heterocycles. The van der Waals surface area contributed by atoms with Crippen molar-refractivity contribution in [3.8, 4) is 22.4 Å². The van der Waals surface area contributed by atoms with E-state index < -0.39 is 0 Å². The lowest BCUT2D eigenvalue weighted by Gasteiger charge is -2.11. The predicted molar refractivity (Wildman–Crippen MR) is 185 cm³/mol. The minimum atomic E-state index is 0.838. The standard InChI is InChI=1S/C41H24N2O2/c1-23-37-32-16-6-7-19-35(32)44-36(37)21-33-31-18-9-17-26(41(31)45-40(23)33)24-10-8-11-25(20-24)34-22-42-38-29-14-4-2-12-27(29)28-13-3-5-15-30(28)39(38)43-34/h2-22H,1H3. The predicted octanol–water partition coefficient (Wildman–Crippen LogP) is 11.4. The van der Waals surface area contributed by atoms with Gasteiger partial charge < -0.3 is 8.83 Å². The van der Waals surface area contributed by atoms with Gasteiger partial charge >= 0.3 is 0 Å². The normalized spacial score (nSPS) is 12.1. The van der Waals surface area contributed by atoms with Crippen LogP contribution in [0, 0.1) is 6.92 Å². The van der Waals surface area contributed by atoms with Crippen molar-refractivity contribution in [2.45, 2.75) is 6.92 Å². The van der Waals surface area contributed by atoms with Crippen LogP contribution in [0.3, 0.4) is 0 Å². The van der Waals surface area contributed by atoms with E-state index in [2.05, 4.69) is 116 Å². The van der Waals surface area contributed by atoms with E-state index in [-0.39, 0.29) is 0 Å². The SMILES string of the molecule is Cc1c2oc3c(-c4cccc(-c5cnc6c7ccccc7c7ccccc7c6n5)c4)cccc3c2cc2oc3ccccc3c12. The third-order valence-electron chi connectivity index (χ3n) is 9.26. The summed E-state index contributed by atoms with van der Waals surface area (Å²) in [5.74, 6) is 0. The van der Waals surface area contributed by atoms with E-state index in [0.717, 1.165) is 93.6 Å². The van der Waals surface area contributed by atoms with E-state index in [1.54, 1.807) is 0 Å². The number of furan rings is 2. The van der Waals surface area contributed by atoms with Gasteiger partial charge in [-0.05, 0) is 41.5 Å². The number of nitrogens with zero attached hydrogens (tertiary/aromatic N) is 2. The zero-order chi connectivity index (χ0) is 29.6. The van der Waals surface area contributed by atoms with Gasteiger partial charge in [0.05, 0.1) is 22.9 Å². The first-order valence-corrected chi connectivity index (χ1v) is 15.2. The molecular weight excluding hydrogens is 552 g/mol. The molecule has 3 aromatic heterocycles. The van der Waals surface area contributed by atoms with E-state index >= 15 is 0 Å². The molecule has 3 heterocycles. The van der Waals surface area contributed by atoms with Crippen molar-refractivity contribution in [2.24, 2.45) is 0 Å². The largest absolute Gasteiger partial charge is 0.456 e. The molecule has 0 N–H and O–H groups in total. The Bertz CT molecular complexity index is 2800. The smallest absolute Gasteiger partial charge is 0.143 e. The van der Waals surface area contributed by atoms with Gasteiger partial charge in [-0.15, -0.1) is 0 Å². The summed E-state index contributed by atoms with van der Waals surface area (Å²) in [5.41, 5.74) is 10.4. The van der Waals surface area contributed by atoms with E-state index in [4.69, 9.17) is 18.8 Å². The third kappa shape index (κ3) is 3.42. The molecule has 4 heteroatoms. The van der Waals surface area contributed by atoms with Crippen LogP contribution in [0.5, 0.6) is 0 Å². The topological polar surface area (TPSA) is 52.1 Å². The van der Waals surface area contributed by atoms with Gasteiger partial charge in [-0.1, -0.05) is 103 Å². The molecule has 0 saturated carbocycles. The number of hydrogen-bond donors (Lipinski definition) is 0. The Morgan fingerprint density at radius 1 is 0.489 bits per heavy atom. The molecule has 0 atom stereocenters. The second kappa shape index (κ2) is 9.01. The molecule has 10 aromatic rings. The Balaban J connectivity index is 1.16. The summed E-state index contributed by atoms with van der Waals surface area (Å²) in [4.78, 5) is 10.2. The second-order valence-corrected chi connectivity index (χ2v) is 11.8. The quantitative estimate of drug-likeness (QED) is 0.192. The summed E-state index contributed by atoms with van der Waals surface area (Å²) >= 11 is 0. The van der Waals surface area contributed by atoms with Crippen molar-refractivity contribution >= 4 is 76.5 Å². The molecule has 0 aliphatic carbocycles. The van der Waals surface area contributed by atoms with Gasteiger partial charge in [0.25, 0.3) is 0 Å². The van der Waals surface area contributed by atoms with Crippen molar-refractivity contribution < 1.29 is 8.83 Å². The molecule has 0 spiro atoms. The van der Waals surface area contributed by atoms with E-state index in [1.165, 1.54) is 10.8 Å². The molecule has 0 amide bonds. The van der Waals surface area contributed by atoms with Crippen LogP contribution < -0.4 is 0 Å². The van der Waals surface area contributed by atoms with Crippen LogP contribution in [0.2, 0.25) is 0 Å². The molecule has 0 saturated heterocycles. The average Bonchev–Trinajstić information content (AvgIpc) is 3.67. The number of aryl methyl sites for hydroxylation is 1. The Labute approximate surface area is 257 Å². The fourth-order valence-corrected chi connectivity index (χ4v) is 7.19. The number of rotatable bonds is 2. The zero-order valence-electron chi connectivity index (χ0n) is 24.3. The first-order valence-electron chi connectivity index (χ1n) is 15.2. The summed E-state index contributed by atoms with van der Waals surface area (Å²) in [7, 11) is 0. The van der Waals surface area contributed by atoms with Crippen molar-refractivity contribution in [1.29, 1.82) is 0 Å². The number of hydrogen-bond acceptors (Lipinski definition) is 4. The first-order chi connectivity index (χ1) is 22.2. The van der Waals surface area contributed by atoms with Crippen molar-refractivity contribution in [3.05, 3.63) is 133 Å². The van der Waals surface area contributed by atoms with Gasteiger partial charge in [0.2, 0.25) is 0 Å². The minimum Gasteiger partial charge on any atom is -0.456 e. The molecule has 4 nitrogen and oxygen atoms in total. The minimum absolute atomic E-state index is 0.838. The molecular formula is C41H24N2O2. The van der Waals surface area contributed by atoms with Gasteiger partial charge in [-0.2, -0.15) is 0 Å². The monoisotopic (exact) mass is 576 g/mol. The summed E-state index contributed by atoms with van der Waals surface area (Å²) in [6, 6.07) is 42.1. The first kappa shape index (κ1) is 24.4. The number of para-hydroxylation sites is 2. The summed E-state index contributed by atoms with van der Waals surface area (Å²) in [6.07, 6.45) is 1.90. The van der Waals surface area contributed by atoms with Crippen molar-refractivity contribution in [3.63, 3.8) is 0 Å². The van der Waals surface area contributed by atoms with Crippen LogP contribution >= 0.6 is 0 Å². The molecule has 210 valence electrons. The van der Waals surface area contributed by atoms with Crippen molar-refractivity contribution in [2.75, 3.05) is 0 Å². The summed E-state index contributed by atoms with van der Waals surface area (Å²) in [5, 5.41) is 8.96. The van der Waals surface area contributed by atoms with Gasteiger partial charge in [-0.3, -0.25) is 4.98 Å². The van der Waals surface area contributed by atoms with Crippen LogP contribution in [0.1, 0.15) is 5.56 Å². The maximum absolute atomic E-state index is 6.72. The highest BCUT2D eigenvalue weighted by molar-refractivity contribution is 6.23. The molecule has 10 rings (SSSR count). The molecule has 7 aromatic carbocycles. The lowest BCUT2D eigenvalue weighted by atomic mass is 9.98. The number of benzene rings is 7. The number of fused-ring (bicyclic) bond motifs is 12. The zero-order valence-corrected chi connectivity index (χ0v) is 24.3. The highest BCUT2D eigenvalue weighted by atomic mass is 16.3. The lowest BCUT2D eigenvalue weighted by Crippen LogP contribution is -1.92. The van der Waals surface area contributed by atoms with Crippen LogP contribution in [0.4, 0.5) is 0 Å². The Hall–Kier alpha value is -6.00. The molecule has 45 heavy (non-hydrogen) atoms. The van der Waals surface area contributed by atoms with Crippen molar-refractivity contribution in [1.82, 2.24) is 9.97 Å². The third-order valence-corrected chi connectivity index (χ3v) is 9.26. The van der Waals surface area contributed by atoms with Crippen LogP contribution in [-0.4, -0.2) is 9.97 Å². The van der Waals surface area contributed by atoms with Crippen LogP contribution in [0.15, 0.2) is 136 Å². The fraction of sp³-hybridized carbons (Fsp3) is 0.0244. The summed E-state index contributed by atoms with van der Waals surface area (Å²) in [6.45, 7) is 2.13. The molecule has 0 bridgehead atoms. The Morgan fingerprint density at radius 3 is 1.98 bits per heavy atom. The maximum atomic E-state index is 6.72. The highest BCUT2D eigenvalue weighted by Gasteiger charge is 2.19. The molecule has 0 radical (unpaired) electrons. The van der Waals surface area contributed by atoms with Gasteiger partial charge in [0, 0.05) is 49.0 Å². The summed E-state index contributed by atoms with van der Waals surface area (Å²) < 4.78 is 13.0. The van der Waals surface area contributed by atoms with E-state index in [0.29, 0.717) is 0 Å². The van der Waals surface area contributed by atoms with E-state index in [1.807, 2.05) is 18.3 Å². The molecule has 0 fully saturated rings. The Kier molecular flexibility index (Phi) is 4.89. The van der Waals surface area contributed by atoms with Crippen LogP contribution in [-0.2, 0) is 0 Å². The second-order valence-electron chi connectivity index (χ2n) is 11.8. The highest BCUT2D eigenvalue weighted by Crippen LogP contribution is 2.42. The van der Waals surface area contributed by atoms with Crippen LogP contribution in [0.25, 0.3) is 98.8 Å². The Morgan fingerprint density at radius 2 is 1.16 bits per heavy atom. The van der Waals surface area contributed by atoms with Gasteiger partial charge in [0.15, 0.2) is 0 Å². The molecule has 0 unspecified atom stereocenters. The van der Waals surface area contributed by atoms with E-state index in [9.17, 15) is 0 Å². The van der Waals surface area contributed by atoms with Gasteiger partial charge in [0.1, 0.15) is 22.3 Å². The average molecular weight is 577 g/mol. The van der Waals surface area contributed by atoms with Gasteiger partial charge in [-0.25, -0.2) is 4.98 Å². The molecule has 0 aliphatic rings. The fourth-order valence-electron chi connectivity index (χ4n) is 7.19.